The molecule has 1 aromatic rings. The van der Waals surface area contributed by atoms with Crippen LogP contribution in [0.2, 0.25) is 0 Å². The van der Waals surface area contributed by atoms with Crippen LogP contribution >= 0.6 is 0 Å². The lowest BCUT2D eigenvalue weighted by Gasteiger charge is -2.17. The van der Waals surface area contributed by atoms with Crippen LogP contribution in [0, 0.1) is 0 Å². The lowest BCUT2D eigenvalue weighted by Crippen LogP contribution is -2.33. The smallest absolute Gasteiger partial charge is 0.161 e. The van der Waals surface area contributed by atoms with Crippen molar-refractivity contribution < 1.29 is 14.6 Å². The Morgan fingerprint density at radius 1 is 1.04 bits per heavy atom. The van der Waals surface area contributed by atoms with E-state index in [0.29, 0.717) is 5.75 Å². The minimum atomic E-state index is -0.468. The third kappa shape index (κ3) is 4.61. The number of methoxy groups -OCH3 is 2. The van der Waals surface area contributed by atoms with Gasteiger partial charge in [0, 0.05) is 6.04 Å². The van der Waals surface area contributed by atoms with Gasteiger partial charge in [0.1, 0.15) is 0 Å². The number of ether oxygens (including phenoxy) is 2. The molecule has 0 bridgehead atoms. The van der Waals surface area contributed by atoms with Crippen molar-refractivity contribution in [2.24, 2.45) is 0 Å². The van der Waals surface area contributed by atoms with Gasteiger partial charge in [-0.3, -0.25) is 0 Å². The van der Waals surface area contributed by atoms with Gasteiger partial charge in [0.15, 0.2) is 11.5 Å². The van der Waals surface area contributed by atoms with Gasteiger partial charge in [-0.1, -0.05) is 39.0 Å². The molecule has 0 saturated carbocycles. The van der Waals surface area contributed by atoms with Crippen molar-refractivity contribution in [2.45, 2.75) is 64.0 Å². The van der Waals surface area contributed by atoms with Crippen LogP contribution in [0.5, 0.6) is 11.5 Å². The van der Waals surface area contributed by atoms with Crippen LogP contribution in [0.25, 0.3) is 0 Å². The van der Waals surface area contributed by atoms with Crippen molar-refractivity contribution in [1.82, 2.24) is 5.32 Å². The van der Waals surface area contributed by atoms with Gasteiger partial charge in [0.05, 0.1) is 20.3 Å². The zero-order valence-electron chi connectivity index (χ0n) is 14.7. The average Bonchev–Trinajstić information content (AvgIpc) is 2.88. The van der Waals surface area contributed by atoms with Crippen LogP contribution in [-0.4, -0.2) is 31.9 Å². The van der Waals surface area contributed by atoms with Gasteiger partial charge in [0.2, 0.25) is 0 Å². The fourth-order valence-electron chi connectivity index (χ4n) is 3.33. The summed E-state index contributed by atoms with van der Waals surface area (Å²) in [7, 11) is 3.27. The van der Waals surface area contributed by atoms with Gasteiger partial charge < -0.3 is 19.9 Å². The van der Waals surface area contributed by atoms with Gasteiger partial charge >= 0.3 is 0 Å². The minimum absolute atomic E-state index is 0.0949. The highest BCUT2D eigenvalue weighted by molar-refractivity contribution is 5.50. The van der Waals surface area contributed by atoms with Crippen LogP contribution in [-0.2, 0) is 6.42 Å². The first kappa shape index (κ1) is 18.1. The van der Waals surface area contributed by atoms with Crippen LogP contribution < -0.4 is 14.8 Å². The third-order valence-corrected chi connectivity index (χ3v) is 4.72. The molecule has 0 aromatic heterocycles. The van der Waals surface area contributed by atoms with E-state index in [4.69, 9.17) is 9.47 Å². The molecule has 1 aromatic carbocycles. The third-order valence-electron chi connectivity index (χ3n) is 4.72. The highest BCUT2D eigenvalue weighted by atomic mass is 16.5. The Morgan fingerprint density at radius 2 is 1.70 bits per heavy atom. The lowest BCUT2D eigenvalue weighted by atomic mass is 10.1. The maximum absolute atomic E-state index is 10.5. The van der Waals surface area contributed by atoms with Crippen LogP contribution in [0.3, 0.4) is 0 Å². The van der Waals surface area contributed by atoms with Crippen molar-refractivity contribution in [3.8, 4) is 11.5 Å². The molecular formula is C19H31NO3. The number of rotatable bonds is 10. The summed E-state index contributed by atoms with van der Waals surface area (Å²) in [6.07, 6.45) is 8.11. The Bertz CT molecular complexity index is 490. The molecule has 0 spiro atoms. The zero-order valence-corrected chi connectivity index (χ0v) is 14.7. The van der Waals surface area contributed by atoms with E-state index < -0.39 is 6.10 Å². The maximum Gasteiger partial charge on any atom is 0.161 e. The predicted molar refractivity (Wildman–Crippen MR) is 93.4 cm³/mol. The van der Waals surface area contributed by atoms with E-state index in [9.17, 15) is 5.11 Å². The lowest BCUT2D eigenvalue weighted by molar-refractivity contribution is 0.141. The molecule has 0 amide bonds. The summed E-state index contributed by atoms with van der Waals surface area (Å²) in [6.45, 7) is 3.21. The van der Waals surface area contributed by atoms with E-state index in [1.165, 1.54) is 38.5 Å². The Kier molecular flexibility index (Phi) is 7.18. The van der Waals surface area contributed by atoms with Gasteiger partial charge in [-0.25, -0.2) is 0 Å². The summed E-state index contributed by atoms with van der Waals surface area (Å²) in [5.41, 5.74) is 2.11. The normalized spacial score (nSPS) is 19.7. The first-order valence-corrected chi connectivity index (χ1v) is 8.87. The summed E-state index contributed by atoms with van der Waals surface area (Å²) in [5, 5.41) is 14.1. The second-order valence-electron chi connectivity index (χ2n) is 6.38. The van der Waals surface area contributed by atoms with Gasteiger partial charge in [-0.2, -0.15) is 0 Å². The Labute approximate surface area is 140 Å². The van der Waals surface area contributed by atoms with Gasteiger partial charge in [-0.05, 0) is 42.6 Å². The fourth-order valence-corrected chi connectivity index (χ4v) is 3.33. The van der Waals surface area contributed by atoms with Crippen molar-refractivity contribution in [3.63, 3.8) is 0 Å². The molecule has 1 aliphatic carbocycles. The van der Waals surface area contributed by atoms with E-state index in [0.717, 1.165) is 29.8 Å². The Balaban J connectivity index is 1.82. The molecule has 2 atom stereocenters. The first-order chi connectivity index (χ1) is 11.2. The van der Waals surface area contributed by atoms with E-state index >= 15 is 0 Å². The number of nitrogens with one attached hydrogen (secondary N) is 1. The number of aliphatic hydroxyl groups excluding tert-OH is 1. The number of benzene rings is 1. The van der Waals surface area contributed by atoms with Gasteiger partial charge in [0.25, 0.3) is 0 Å². The summed E-state index contributed by atoms with van der Waals surface area (Å²) < 4.78 is 10.7. The molecule has 0 saturated heterocycles. The topological polar surface area (TPSA) is 50.7 Å². The number of fused-ring (bicyclic) bond motifs is 1. The second-order valence-corrected chi connectivity index (χ2v) is 6.38. The molecule has 2 rings (SSSR count). The van der Waals surface area contributed by atoms with Crippen molar-refractivity contribution in [2.75, 3.05) is 20.8 Å². The van der Waals surface area contributed by atoms with E-state index in [1.54, 1.807) is 14.2 Å². The molecule has 1 aliphatic rings. The minimum Gasteiger partial charge on any atom is -0.493 e. The molecule has 0 heterocycles. The molecule has 0 radical (unpaired) electrons. The molecule has 0 fully saturated rings. The van der Waals surface area contributed by atoms with Crippen LogP contribution in [0.4, 0.5) is 0 Å². The standard InChI is InChI=1S/C19H31NO3/c1-4-5-6-7-8-9-10-20-16-11-14-12-17(22-2)18(23-3)13-15(14)19(16)21/h12-13,16,19-21H,4-11H2,1-3H3/t16-,19-/m1/s1. The molecule has 4 nitrogen and oxygen atoms in total. The monoisotopic (exact) mass is 321 g/mol. The quantitative estimate of drug-likeness (QED) is 0.646. The summed E-state index contributed by atoms with van der Waals surface area (Å²) in [4.78, 5) is 0. The molecule has 0 unspecified atom stereocenters. The molecule has 23 heavy (non-hydrogen) atoms. The number of aliphatic hydroxyl groups is 1. The number of unbranched alkanes of at least 4 members (excludes halogenated alkanes) is 5. The number of hydrogen-bond donors (Lipinski definition) is 2. The second kappa shape index (κ2) is 9.14. The van der Waals surface area contributed by atoms with Crippen molar-refractivity contribution in [1.29, 1.82) is 0 Å². The van der Waals surface area contributed by atoms with Crippen molar-refractivity contribution >= 4 is 0 Å². The highest BCUT2D eigenvalue weighted by Crippen LogP contribution is 2.39. The number of hydrogen-bond acceptors (Lipinski definition) is 4. The average molecular weight is 321 g/mol. The Hall–Kier alpha value is -1.26. The van der Waals surface area contributed by atoms with Crippen molar-refractivity contribution in [3.05, 3.63) is 23.3 Å². The first-order valence-electron chi connectivity index (χ1n) is 8.87. The fraction of sp³-hybridized carbons (Fsp3) is 0.684. The predicted octanol–water partition coefficient (Wildman–Crippen LogP) is 3.61. The van der Waals surface area contributed by atoms with Crippen LogP contribution in [0.15, 0.2) is 12.1 Å². The molecule has 2 N–H and O–H groups in total. The molecule has 0 aliphatic heterocycles. The molecule has 130 valence electrons. The van der Waals surface area contributed by atoms with E-state index in [2.05, 4.69) is 12.2 Å². The SMILES string of the molecule is CCCCCCCCN[C@@H]1Cc2cc(OC)c(OC)cc2[C@H]1O. The highest BCUT2D eigenvalue weighted by Gasteiger charge is 2.31. The van der Waals surface area contributed by atoms with E-state index in [-0.39, 0.29) is 6.04 Å². The summed E-state index contributed by atoms with van der Waals surface area (Å²) >= 11 is 0. The van der Waals surface area contributed by atoms with Gasteiger partial charge in [-0.15, -0.1) is 0 Å². The largest absolute Gasteiger partial charge is 0.493 e. The maximum atomic E-state index is 10.5. The summed E-state index contributed by atoms with van der Waals surface area (Å²) in [5.74, 6) is 1.41. The summed E-state index contributed by atoms with van der Waals surface area (Å²) in [6, 6.07) is 3.99. The van der Waals surface area contributed by atoms with E-state index in [1.807, 2.05) is 12.1 Å². The van der Waals surface area contributed by atoms with Crippen LogP contribution in [0.1, 0.15) is 62.7 Å². The molecular weight excluding hydrogens is 290 g/mol. The Morgan fingerprint density at radius 3 is 2.39 bits per heavy atom. The molecule has 4 heteroatoms. The zero-order chi connectivity index (χ0) is 16.7.